The number of rotatable bonds is 5. The summed E-state index contributed by atoms with van der Waals surface area (Å²) in [4.78, 5) is 16.5. The number of hydrogen-bond donors (Lipinski definition) is 3. The normalized spacial score (nSPS) is 12.0. The van der Waals surface area contributed by atoms with E-state index in [4.69, 9.17) is 10.5 Å². The van der Waals surface area contributed by atoms with Gasteiger partial charge in [-0.1, -0.05) is 13.3 Å². The van der Waals surface area contributed by atoms with Crippen LogP contribution in [0.5, 0.6) is 5.75 Å². The molecule has 1 unspecified atom stereocenters. The second-order valence-corrected chi connectivity index (χ2v) is 5.16. The van der Waals surface area contributed by atoms with E-state index in [1.54, 1.807) is 13.4 Å². The molecule has 6 N–H and O–H groups in total. The Bertz CT molecular complexity index is 768. The van der Waals surface area contributed by atoms with E-state index in [9.17, 15) is 0 Å². The topological polar surface area (TPSA) is 125 Å². The molecule has 0 amide bonds. The first-order valence-corrected chi connectivity index (χ1v) is 7.34. The Morgan fingerprint density at radius 1 is 1.22 bits per heavy atom. The van der Waals surface area contributed by atoms with E-state index in [2.05, 4.69) is 26.9 Å². The van der Waals surface area contributed by atoms with Crippen LogP contribution in [0.2, 0.25) is 0 Å². The molecule has 0 spiro atoms. The van der Waals surface area contributed by atoms with Crippen LogP contribution >= 0.6 is 0 Å². The number of aromatic amines is 1. The van der Waals surface area contributed by atoms with Crippen molar-refractivity contribution in [2.75, 3.05) is 7.11 Å². The number of imidazole rings is 1. The quantitative estimate of drug-likeness (QED) is 0.664. The van der Waals surface area contributed by atoms with Crippen molar-refractivity contribution < 1.29 is 4.74 Å². The lowest BCUT2D eigenvalue weighted by Gasteiger charge is -2.11. The van der Waals surface area contributed by atoms with E-state index in [0.717, 1.165) is 35.4 Å². The van der Waals surface area contributed by atoms with Crippen molar-refractivity contribution in [2.45, 2.75) is 25.8 Å². The minimum atomic E-state index is -0.178. The highest BCUT2D eigenvalue weighted by Gasteiger charge is 2.15. The summed E-state index contributed by atoms with van der Waals surface area (Å²) < 4.78 is 5.20. The lowest BCUT2D eigenvalue weighted by atomic mass is 10.1. The molecule has 0 saturated heterocycles. The first kappa shape index (κ1) is 16.9. The Hall–Kier alpha value is -2.51. The molecule has 0 radical (unpaired) electrons. The van der Waals surface area contributed by atoms with Gasteiger partial charge < -0.3 is 21.6 Å². The SMILES string of the molecule is CCCC(N)c1nc(-c2ccc(OC)cc2)c2[nH]cnc2n1.N. The number of H-pyrrole nitrogens is 1. The molecule has 2 heterocycles. The summed E-state index contributed by atoms with van der Waals surface area (Å²) in [7, 11) is 1.65. The van der Waals surface area contributed by atoms with Crippen LogP contribution in [0.1, 0.15) is 31.6 Å². The highest BCUT2D eigenvalue weighted by atomic mass is 16.5. The van der Waals surface area contributed by atoms with E-state index in [0.29, 0.717) is 11.5 Å². The number of fused-ring (bicyclic) bond motifs is 1. The molecule has 7 nitrogen and oxygen atoms in total. The monoisotopic (exact) mass is 314 g/mol. The zero-order valence-electron chi connectivity index (χ0n) is 13.4. The predicted octanol–water partition coefficient (Wildman–Crippen LogP) is 2.99. The Labute approximate surface area is 134 Å². The van der Waals surface area contributed by atoms with Gasteiger partial charge in [-0.15, -0.1) is 0 Å². The van der Waals surface area contributed by atoms with Gasteiger partial charge in [-0.2, -0.15) is 0 Å². The Kier molecular flexibility index (Phi) is 5.25. The number of nitrogens with one attached hydrogen (secondary N) is 1. The summed E-state index contributed by atoms with van der Waals surface area (Å²) in [5, 5.41) is 0. The lowest BCUT2D eigenvalue weighted by Crippen LogP contribution is -2.14. The second kappa shape index (κ2) is 7.17. The molecular formula is C16H22N6O. The van der Waals surface area contributed by atoms with Gasteiger partial charge in [0, 0.05) is 5.56 Å². The molecule has 0 aliphatic rings. The molecule has 1 aromatic carbocycles. The molecule has 7 heteroatoms. The molecule has 3 aromatic rings. The standard InChI is InChI=1S/C16H19N5O.H3N/c1-3-4-12(17)15-20-13(14-16(21-15)19-9-18-14)10-5-7-11(22-2)8-6-10;/h5-9,12H,3-4,17H2,1-2H3,(H,18,19,20,21);1H3. The first-order chi connectivity index (χ1) is 10.7. The van der Waals surface area contributed by atoms with Gasteiger partial charge in [0.2, 0.25) is 0 Å². The average Bonchev–Trinajstić information content (AvgIpc) is 3.02. The van der Waals surface area contributed by atoms with Gasteiger partial charge in [0.05, 0.1) is 25.2 Å². The van der Waals surface area contributed by atoms with Crippen LogP contribution in [0.25, 0.3) is 22.4 Å². The molecule has 0 saturated carbocycles. The third kappa shape index (κ3) is 3.30. The van der Waals surface area contributed by atoms with Gasteiger partial charge in [0.15, 0.2) is 5.65 Å². The number of hydrogen-bond acceptors (Lipinski definition) is 6. The lowest BCUT2D eigenvalue weighted by molar-refractivity contribution is 0.415. The van der Waals surface area contributed by atoms with Crippen molar-refractivity contribution in [3.63, 3.8) is 0 Å². The third-order valence-corrected chi connectivity index (χ3v) is 3.60. The van der Waals surface area contributed by atoms with Crippen molar-refractivity contribution in [1.82, 2.24) is 26.1 Å². The molecule has 2 aromatic heterocycles. The fraction of sp³-hybridized carbons (Fsp3) is 0.312. The molecule has 0 aliphatic heterocycles. The maximum atomic E-state index is 6.17. The zero-order chi connectivity index (χ0) is 15.5. The highest BCUT2D eigenvalue weighted by Crippen LogP contribution is 2.27. The largest absolute Gasteiger partial charge is 0.497 e. The second-order valence-electron chi connectivity index (χ2n) is 5.16. The van der Waals surface area contributed by atoms with Crippen LogP contribution in [0.3, 0.4) is 0 Å². The first-order valence-electron chi connectivity index (χ1n) is 7.34. The minimum Gasteiger partial charge on any atom is -0.497 e. The summed E-state index contributed by atoms with van der Waals surface area (Å²) in [6.45, 7) is 2.09. The van der Waals surface area contributed by atoms with Gasteiger partial charge >= 0.3 is 0 Å². The van der Waals surface area contributed by atoms with Gasteiger partial charge in [0.1, 0.15) is 17.1 Å². The zero-order valence-corrected chi connectivity index (χ0v) is 13.4. The minimum absolute atomic E-state index is 0. The van der Waals surface area contributed by atoms with Crippen molar-refractivity contribution in [3.05, 3.63) is 36.4 Å². The number of benzene rings is 1. The van der Waals surface area contributed by atoms with E-state index >= 15 is 0 Å². The van der Waals surface area contributed by atoms with Crippen molar-refractivity contribution in [1.29, 1.82) is 0 Å². The maximum Gasteiger partial charge on any atom is 0.181 e. The van der Waals surface area contributed by atoms with Gasteiger partial charge in [0.25, 0.3) is 0 Å². The molecule has 0 bridgehead atoms. The number of aromatic nitrogens is 4. The smallest absolute Gasteiger partial charge is 0.181 e. The van der Waals surface area contributed by atoms with E-state index < -0.39 is 0 Å². The van der Waals surface area contributed by atoms with Gasteiger partial charge in [-0.25, -0.2) is 15.0 Å². The van der Waals surface area contributed by atoms with Crippen LogP contribution in [0, 0.1) is 0 Å². The maximum absolute atomic E-state index is 6.17. The molecule has 0 fully saturated rings. The summed E-state index contributed by atoms with van der Waals surface area (Å²) in [5.74, 6) is 1.44. The molecule has 3 rings (SSSR count). The molecular weight excluding hydrogens is 292 g/mol. The van der Waals surface area contributed by atoms with Gasteiger partial charge in [-0.05, 0) is 30.7 Å². The average molecular weight is 314 g/mol. The van der Waals surface area contributed by atoms with E-state index in [1.807, 2.05) is 24.3 Å². The van der Waals surface area contributed by atoms with Crippen LogP contribution in [-0.4, -0.2) is 27.0 Å². The summed E-state index contributed by atoms with van der Waals surface area (Å²) in [5.41, 5.74) is 9.42. The van der Waals surface area contributed by atoms with Crippen LogP contribution in [0.15, 0.2) is 30.6 Å². The molecule has 0 aliphatic carbocycles. The molecule has 1 atom stereocenters. The third-order valence-electron chi connectivity index (χ3n) is 3.60. The van der Waals surface area contributed by atoms with Crippen LogP contribution in [0.4, 0.5) is 0 Å². The molecule has 23 heavy (non-hydrogen) atoms. The number of methoxy groups -OCH3 is 1. The van der Waals surface area contributed by atoms with Crippen LogP contribution in [-0.2, 0) is 0 Å². The van der Waals surface area contributed by atoms with Crippen molar-refractivity contribution in [3.8, 4) is 17.0 Å². The van der Waals surface area contributed by atoms with E-state index in [-0.39, 0.29) is 12.2 Å². The fourth-order valence-corrected chi connectivity index (χ4v) is 2.41. The summed E-state index contributed by atoms with van der Waals surface area (Å²) in [6.07, 6.45) is 3.46. The Morgan fingerprint density at radius 3 is 2.61 bits per heavy atom. The number of ether oxygens (including phenoxy) is 1. The summed E-state index contributed by atoms with van der Waals surface area (Å²) in [6, 6.07) is 7.58. The van der Waals surface area contributed by atoms with Gasteiger partial charge in [-0.3, -0.25) is 0 Å². The number of nitrogens with two attached hydrogens (primary N) is 1. The van der Waals surface area contributed by atoms with Crippen molar-refractivity contribution in [2.24, 2.45) is 5.73 Å². The Morgan fingerprint density at radius 2 is 1.96 bits per heavy atom. The summed E-state index contributed by atoms with van der Waals surface area (Å²) >= 11 is 0. The van der Waals surface area contributed by atoms with Crippen molar-refractivity contribution >= 4 is 11.2 Å². The molecule has 122 valence electrons. The fourth-order valence-electron chi connectivity index (χ4n) is 2.41. The van der Waals surface area contributed by atoms with E-state index in [1.165, 1.54) is 0 Å². The number of nitrogens with zero attached hydrogens (tertiary/aromatic N) is 3. The van der Waals surface area contributed by atoms with Crippen LogP contribution < -0.4 is 16.6 Å². The predicted molar refractivity (Wildman–Crippen MR) is 90.5 cm³/mol. The highest BCUT2D eigenvalue weighted by molar-refractivity contribution is 5.87. The Balaban J connectivity index is 0.00000192.